The third-order valence-electron chi connectivity index (χ3n) is 2.04. The van der Waals surface area contributed by atoms with Gasteiger partial charge < -0.3 is 0 Å². The van der Waals surface area contributed by atoms with Crippen molar-refractivity contribution >= 4 is 22.9 Å². The molecule has 78 valence electrons. The fraction of sp³-hybridized carbons (Fsp3) is 0.0909. The third kappa shape index (κ3) is 2.19. The minimum absolute atomic E-state index is 0.315. The van der Waals surface area contributed by atoms with E-state index in [1.807, 2.05) is 0 Å². The quantitative estimate of drug-likeness (QED) is 0.689. The lowest BCUT2D eigenvalue weighted by Crippen LogP contribution is -1.92. The standard InChI is InChI=1S/C11H7ClF2S/c12-10(11-9(14)5-6-15-11)7-1-3-8(13)4-2-7/h1-6,10H. The highest BCUT2D eigenvalue weighted by Crippen LogP contribution is 2.33. The Balaban J connectivity index is 2.32. The fourth-order valence-electron chi connectivity index (χ4n) is 1.27. The van der Waals surface area contributed by atoms with Gasteiger partial charge in [-0.1, -0.05) is 12.1 Å². The zero-order valence-corrected chi connectivity index (χ0v) is 9.16. The van der Waals surface area contributed by atoms with Crippen molar-refractivity contribution in [2.24, 2.45) is 0 Å². The third-order valence-corrected chi connectivity index (χ3v) is 3.59. The first-order valence-corrected chi connectivity index (χ1v) is 5.62. The summed E-state index contributed by atoms with van der Waals surface area (Å²) in [5, 5.41) is 1.09. The molecule has 15 heavy (non-hydrogen) atoms. The number of thiophene rings is 1. The summed E-state index contributed by atoms with van der Waals surface area (Å²) in [6, 6.07) is 7.13. The SMILES string of the molecule is Fc1ccc(C(Cl)c2sccc2F)cc1. The summed E-state index contributed by atoms with van der Waals surface area (Å²) in [7, 11) is 0. The predicted molar refractivity (Wildman–Crippen MR) is 58.4 cm³/mol. The molecule has 0 radical (unpaired) electrons. The zero-order chi connectivity index (χ0) is 10.8. The minimum atomic E-state index is -0.550. The normalized spacial score (nSPS) is 12.7. The number of alkyl halides is 1. The number of halogens is 3. The maximum Gasteiger partial charge on any atom is 0.138 e. The van der Waals surface area contributed by atoms with E-state index in [1.165, 1.54) is 29.5 Å². The van der Waals surface area contributed by atoms with Gasteiger partial charge in [0.15, 0.2) is 0 Å². The summed E-state index contributed by atoms with van der Waals surface area (Å²) < 4.78 is 25.9. The smallest absolute Gasteiger partial charge is 0.138 e. The molecule has 0 nitrogen and oxygen atoms in total. The molecule has 0 aliphatic carbocycles. The van der Waals surface area contributed by atoms with Crippen LogP contribution in [0, 0.1) is 11.6 Å². The topological polar surface area (TPSA) is 0 Å². The van der Waals surface area contributed by atoms with Crippen LogP contribution >= 0.6 is 22.9 Å². The van der Waals surface area contributed by atoms with E-state index in [0.29, 0.717) is 10.4 Å². The van der Waals surface area contributed by atoms with Crippen LogP contribution in [0.3, 0.4) is 0 Å². The highest BCUT2D eigenvalue weighted by molar-refractivity contribution is 7.10. The van der Waals surface area contributed by atoms with Gasteiger partial charge in [0, 0.05) is 0 Å². The lowest BCUT2D eigenvalue weighted by molar-refractivity contribution is 0.619. The summed E-state index contributed by atoms with van der Waals surface area (Å²) >= 11 is 7.33. The van der Waals surface area contributed by atoms with Gasteiger partial charge in [-0.2, -0.15) is 0 Å². The average molecular weight is 245 g/mol. The van der Waals surface area contributed by atoms with Gasteiger partial charge in [-0.3, -0.25) is 0 Å². The fourth-order valence-corrected chi connectivity index (χ4v) is 2.44. The largest absolute Gasteiger partial charge is 0.207 e. The van der Waals surface area contributed by atoms with E-state index in [1.54, 1.807) is 17.5 Å². The molecule has 1 aromatic carbocycles. The molecule has 0 saturated carbocycles. The van der Waals surface area contributed by atoms with Gasteiger partial charge in [-0.05, 0) is 29.1 Å². The van der Waals surface area contributed by atoms with E-state index in [4.69, 9.17) is 11.6 Å². The van der Waals surface area contributed by atoms with E-state index >= 15 is 0 Å². The summed E-state index contributed by atoms with van der Waals surface area (Å²) in [6.45, 7) is 0. The maximum atomic E-state index is 13.2. The van der Waals surface area contributed by atoms with Gasteiger partial charge in [0.05, 0.1) is 10.3 Å². The first kappa shape index (κ1) is 10.6. The maximum absolute atomic E-state index is 13.2. The molecule has 0 spiro atoms. The van der Waals surface area contributed by atoms with Gasteiger partial charge in [-0.15, -0.1) is 22.9 Å². The van der Waals surface area contributed by atoms with Crippen molar-refractivity contribution in [3.63, 3.8) is 0 Å². The molecule has 0 bridgehead atoms. The summed E-state index contributed by atoms with van der Waals surface area (Å²) in [5.41, 5.74) is 0.694. The molecule has 1 unspecified atom stereocenters. The van der Waals surface area contributed by atoms with Crippen molar-refractivity contribution in [2.75, 3.05) is 0 Å². The molecule has 0 fully saturated rings. The molecule has 0 aliphatic heterocycles. The average Bonchev–Trinajstić information content (AvgIpc) is 2.65. The van der Waals surface area contributed by atoms with Crippen LogP contribution in [0.25, 0.3) is 0 Å². The van der Waals surface area contributed by atoms with Gasteiger partial charge in [0.2, 0.25) is 0 Å². The minimum Gasteiger partial charge on any atom is -0.207 e. The summed E-state index contributed by atoms with van der Waals surface area (Å²) in [6.07, 6.45) is 0. The molecule has 1 heterocycles. The Hall–Kier alpha value is -0.930. The second-order valence-electron chi connectivity index (χ2n) is 3.05. The molecule has 0 saturated heterocycles. The molecule has 0 N–H and O–H groups in total. The predicted octanol–water partition coefficient (Wildman–Crippen LogP) is 4.35. The van der Waals surface area contributed by atoms with E-state index < -0.39 is 5.38 Å². The van der Waals surface area contributed by atoms with Crippen molar-refractivity contribution in [1.82, 2.24) is 0 Å². The Bertz CT molecular complexity index is 450. The molecule has 2 rings (SSSR count). The molecule has 1 atom stereocenters. The molecular weight excluding hydrogens is 238 g/mol. The van der Waals surface area contributed by atoms with E-state index in [9.17, 15) is 8.78 Å². The lowest BCUT2D eigenvalue weighted by Gasteiger charge is -2.07. The van der Waals surface area contributed by atoms with Crippen molar-refractivity contribution in [1.29, 1.82) is 0 Å². The second kappa shape index (κ2) is 4.29. The van der Waals surface area contributed by atoms with E-state index in [-0.39, 0.29) is 11.6 Å². The number of hydrogen-bond donors (Lipinski definition) is 0. The van der Waals surface area contributed by atoms with Crippen molar-refractivity contribution in [3.8, 4) is 0 Å². The monoisotopic (exact) mass is 244 g/mol. The van der Waals surface area contributed by atoms with Gasteiger partial charge in [0.1, 0.15) is 11.6 Å². The van der Waals surface area contributed by atoms with Gasteiger partial charge in [0.25, 0.3) is 0 Å². The Morgan fingerprint density at radius 1 is 1.07 bits per heavy atom. The molecule has 2 aromatic rings. The first-order valence-electron chi connectivity index (χ1n) is 4.31. The van der Waals surface area contributed by atoms with Crippen LogP contribution < -0.4 is 0 Å². The number of rotatable bonds is 2. The zero-order valence-electron chi connectivity index (χ0n) is 7.58. The Morgan fingerprint density at radius 2 is 1.73 bits per heavy atom. The van der Waals surface area contributed by atoms with Crippen LogP contribution in [0.15, 0.2) is 35.7 Å². The van der Waals surface area contributed by atoms with Gasteiger partial charge >= 0.3 is 0 Å². The molecule has 1 aromatic heterocycles. The number of hydrogen-bond acceptors (Lipinski definition) is 1. The lowest BCUT2D eigenvalue weighted by atomic mass is 10.1. The van der Waals surface area contributed by atoms with Crippen LogP contribution in [0.4, 0.5) is 8.78 Å². The van der Waals surface area contributed by atoms with Crippen molar-refractivity contribution < 1.29 is 8.78 Å². The molecular formula is C11H7ClF2S. The Labute approximate surface area is 95.1 Å². The molecule has 4 heteroatoms. The van der Waals surface area contributed by atoms with Crippen LogP contribution in [-0.4, -0.2) is 0 Å². The van der Waals surface area contributed by atoms with Crippen LogP contribution in [0.1, 0.15) is 15.8 Å². The Kier molecular flexibility index (Phi) is 3.03. The first-order chi connectivity index (χ1) is 7.18. The van der Waals surface area contributed by atoms with Gasteiger partial charge in [-0.25, -0.2) is 8.78 Å². The number of benzene rings is 1. The molecule has 0 amide bonds. The van der Waals surface area contributed by atoms with Crippen molar-refractivity contribution in [2.45, 2.75) is 5.38 Å². The highest BCUT2D eigenvalue weighted by Gasteiger charge is 2.16. The van der Waals surface area contributed by atoms with Crippen LogP contribution in [0.5, 0.6) is 0 Å². The summed E-state index contributed by atoms with van der Waals surface area (Å²) in [4.78, 5) is 0.461. The van der Waals surface area contributed by atoms with Crippen LogP contribution in [0.2, 0.25) is 0 Å². The second-order valence-corrected chi connectivity index (χ2v) is 4.43. The summed E-state index contributed by atoms with van der Waals surface area (Å²) in [5.74, 6) is -0.640. The Morgan fingerprint density at radius 3 is 2.27 bits per heavy atom. The van der Waals surface area contributed by atoms with E-state index in [0.717, 1.165) is 0 Å². The van der Waals surface area contributed by atoms with Crippen LogP contribution in [-0.2, 0) is 0 Å². The molecule has 0 aliphatic rings. The highest BCUT2D eigenvalue weighted by atomic mass is 35.5. The van der Waals surface area contributed by atoms with E-state index in [2.05, 4.69) is 0 Å². The van der Waals surface area contributed by atoms with Crippen molar-refractivity contribution in [3.05, 3.63) is 57.8 Å².